The van der Waals surface area contributed by atoms with Gasteiger partial charge in [-0.15, -0.1) is 0 Å². The second-order valence-electron chi connectivity index (χ2n) is 4.00. The maximum atomic E-state index is 5.83. The Morgan fingerprint density at radius 3 is 2.79 bits per heavy atom. The van der Waals surface area contributed by atoms with Gasteiger partial charge in [0.2, 0.25) is 0 Å². The molecule has 0 radical (unpaired) electrons. The van der Waals surface area contributed by atoms with E-state index in [9.17, 15) is 0 Å². The molecular formula is C14H10ClN3O. The van der Waals surface area contributed by atoms with E-state index in [1.54, 1.807) is 24.4 Å². The number of fused-ring (bicyclic) bond motifs is 1. The Balaban J connectivity index is 1.96. The number of ether oxygens (including phenoxy) is 1. The van der Waals surface area contributed by atoms with Gasteiger partial charge in [0.15, 0.2) is 5.75 Å². The summed E-state index contributed by atoms with van der Waals surface area (Å²) in [6, 6.07) is 13.0. The molecule has 4 nitrogen and oxygen atoms in total. The lowest BCUT2D eigenvalue weighted by Crippen LogP contribution is -1.95. The number of nitrogens with two attached hydrogens (primary N) is 1. The van der Waals surface area contributed by atoms with Crippen molar-refractivity contribution in [1.29, 1.82) is 0 Å². The lowest BCUT2D eigenvalue weighted by Gasteiger charge is -2.07. The van der Waals surface area contributed by atoms with Gasteiger partial charge in [-0.3, -0.25) is 0 Å². The number of nitrogens with zero attached hydrogens (tertiary/aromatic N) is 2. The van der Waals surface area contributed by atoms with Crippen molar-refractivity contribution in [3.05, 3.63) is 53.7 Å². The molecule has 5 heteroatoms. The third-order valence-corrected chi connectivity index (χ3v) is 2.88. The van der Waals surface area contributed by atoms with Crippen molar-refractivity contribution in [3.63, 3.8) is 0 Å². The predicted octanol–water partition coefficient (Wildman–Crippen LogP) is 3.66. The minimum absolute atomic E-state index is 0.257. The molecule has 0 aliphatic heterocycles. The van der Waals surface area contributed by atoms with Gasteiger partial charge in [0.1, 0.15) is 0 Å². The number of benzene rings is 2. The lowest BCUT2D eigenvalue weighted by molar-refractivity contribution is 0.446. The highest BCUT2D eigenvalue weighted by molar-refractivity contribution is 6.30. The van der Waals surface area contributed by atoms with Gasteiger partial charge in [-0.2, -0.15) is 4.98 Å². The molecule has 3 aromatic rings. The molecule has 2 aromatic carbocycles. The summed E-state index contributed by atoms with van der Waals surface area (Å²) in [6.45, 7) is 0. The van der Waals surface area contributed by atoms with E-state index in [0.717, 1.165) is 10.9 Å². The minimum atomic E-state index is 0.257. The fraction of sp³-hybridized carbons (Fsp3) is 0. The summed E-state index contributed by atoms with van der Waals surface area (Å²) in [4.78, 5) is 8.46. The number of hydrogen-bond acceptors (Lipinski definition) is 4. The molecule has 0 atom stereocenters. The molecule has 0 saturated heterocycles. The quantitative estimate of drug-likeness (QED) is 0.723. The van der Waals surface area contributed by atoms with Crippen LogP contribution in [0.4, 0.5) is 5.69 Å². The topological polar surface area (TPSA) is 61.0 Å². The Morgan fingerprint density at radius 2 is 1.95 bits per heavy atom. The van der Waals surface area contributed by atoms with Crippen LogP contribution < -0.4 is 10.5 Å². The van der Waals surface area contributed by atoms with Crippen molar-refractivity contribution in [2.45, 2.75) is 0 Å². The van der Waals surface area contributed by atoms with Crippen molar-refractivity contribution in [1.82, 2.24) is 9.97 Å². The highest BCUT2D eigenvalue weighted by Crippen LogP contribution is 2.28. The van der Waals surface area contributed by atoms with Gasteiger partial charge in [-0.1, -0.05) is 29.8 Å². The minimum Gasteiger partial charge on any atom is -0.422 e. The molecule has 3 rings (SSSR count). The zero-order valence-corrected chi connectivity index (χ0v) is 10.6. The summed E-state index contributed by atoms with van der Waals surface area (Å²) < 4.78 is 5.57. The van der Waals surface area contributed by atoms with E-state index in [1.807, 2.05) is 24.3 Å². The van der Waals surface area contributed by atoms with Gasteiger partial charge in [0.25, 0.3) is 0 Å². The molecule has 0 amide bonds. The Hall–Kier alpha value is -2.33. The normalized spacial score (nSPS) is 10.6. The molecule has 19 heavy (non-hydrogen) atoms. The van der Waals surface area contributed by atoms with E-state index < -0.39 is 0 Å². The van der Waals surface area contributed by atoms with Crippen LogP contribution >= 0.6 is 11.6 Å². The molecule has 94 valence electrons. The Morgan fingerprint density at radius 1 is 1.11 bits per heavy atom. The Kier molecular flexibility index (Phi) is 2.93. The fourth-order valence-electron chi connectivity index (χ4n) is 1.71. The summed E-state index contributed by atoms with van der Waals surface area (Å²) in [5, 5.41) is 1.52. The van der Waals surface area contributed by atoms with Crippen LogP contribution in [0.3, 0.4) is 0 Å². The van der Waals surface area contributed by atoms with E-state index >= 15 is 0 Å². The molecule has 0 unspecified atom stereocenters. The number of halogens is 1. The maximum Gasteiger partial charge on any atom is 0.322 e. The average molecular weight is 272 g/mol. The Labute approximate surface area is 114 Å². The van der Waals surface area contributed by atoms with E-state index in [-0.39, 0.29) is 6.01 Å². The SMILES string of the molecule is Nc1cc(Cl)ccc1Oc1ncc2ccccc2n1. The molecular weight excluding hydrogens is 262 g/mol. The molecule has 0 spiro atoms. The van der Waals surface area contributed by atoms with Crippen LogP contribution in [-0.4, -0.2) is 9.97 Å². The molecule has 0 aliphatic rings. The molecule has 2 N–H and O–H groups in total. The largest absolute Gasteiger partial charge is 0.422 e. The first-order valence-corrected chi connectivity index (χ1v) is 6.05. The van der Waals surface area contributed by atoms with Crippen LogP contribution in [0, 0.1) is 0 Å². The van der Waals surface area contributed by atoms with Gasteiger partial charge < -0.3 is 10.5 Å². The first-order chi connectivity index (χ1) is 9.22. The van der Waals surface area contributed by atoms with Gasteiger partial charge in [0.05, 0.1) is 11.2 Å². The van der Waals surface area contributed by atoms with Crippen LogP contribution in [0.2, 0.25) is 5.02 Å². The van der Waals surface area contributed by atoms with E-state index in [1.165, 1.54) is 0 Å². The van der Waals surface area contributed by atoms with Gasteiger partial charge in [0, 0.05) is 16.6 Å². The highest BCUT2D eigenvalue weighted by atomic mass is 35.5. The van der Waals surface area contributed by atoms with Crippen LogP contribution in [0.15, 0.2) is 48.7 Å². The molecule has 0 saturated carbocycles. The zero-order chi connectivity index (χ0) is 13.2. The number of nitrogen functional groups attached to an aromatic ring is 1. The number of aromatic nitrogens is 2. The smallest absolute Gasteiger partial charge is 0.322 e. The van der Waals surface area contributed by atoms with Gasteiger partial charge >= 0.3 is 6.01 Å². The van der Waals surface area contributed by atoms with Crippen molar-refractivity contribution in [3.8, 4) is 11.8 Å². The summed E-state index contributed by atoms with van der Waals surface area (Å²) in [7, 11) is 0. The second-order valence-corrected chi connectivity index (χ2v) is 4.43. The second kappa shape index (κ2) is 4.74. The fourth-order valence-corrected chi connectivity index (χ4v) is 1.90. The summed E-state index contributed by atoms with van der Waals surface area (Å²) in [5.74, 6) is 0.486. The third kappa shape index (κ3) is 2.44. The van der Waals surface area contributed by atoms with Gasteiger partial charge in [-0.25, -0.2) is 4.98 Å². The Bertz CT molecular complexity index is 746. The molecule has 1 heterocycles. The first kappa shape index (κ1) is 11.7. The monoisotopic (exact) mass is 271 g/mol. The number of hydrogen-bond donors (Lipinski definition) is 1. The predicted molar refractivity (Wildman–Crippen MR) is 75.5 cm³/mol. The van der Waals surface area contributed by atoms with Crippen molar-refractivity contribution >= 4 is 28.2 Å². The van der Waals surface area contributed by atoms with Crippen molar-refractivity contribution in [2.24, 2.45) is 0 Å². The summed E-state index contributed by atoms with van der Waals surface area (Å²) in [5.41, 5.74) is 7.08. The first-order valence-electron chi connectivity index (χ1n) is 5.67. The number of anilines is 1. The van der Waals surface area contributed by atoms with Crippen LogP contribution in [-0.2, 0) is 0 Å². The summed E-state index contributed by atoms with van der Waals surface area (Å²) >= 11 is 5.83. The molecule has 0 fully saturated rings. The third-order valence-electron chi connectivity index (χ3n) is 2.64. The number of rotatable bonds is 2. The molecule has 0 bridgehead atoms. The van der Waals surface area contributed by atoms with Crippen LogP contribution in [0.5, 0.6) is 11.8 Å². The number of para-hydroxylation sites is 1. The van der Waals surface area contributed by atoms with Gasteiger partial charge in [-0.05, 0) is 24.3 Å². The van der Waals surface area contributed by atoms with E-state index in [0.29, 0.717) is 16.5 Å². The van der Waals surface area contributed by atoms with Crippen LogP contribution in [0.1, 0.15) is 0 Å². The van der Waals surface area contributed by atoms with E-state index in [2.05, 4.69) is 9.97 Å². The maximum absolute atomic E-state index is 5.83. The summed E-state index contributed by atoms with van der Waals surface area (Å²) in [6.07, 6.45) is 1.71. The van der Waals surface area contributed by atoms with E-state index in [4.69, 9.17) is 22.1 Å². The molecule has 1 aromatic heterocycles. The average Bonchev–Trinajstić information content (AvgIpc) is 2.42. The standard InChI is InChI=1S/C14H10ClN3O/c15-10-5-6-13(11(16)7-10)19-14-17-8-9-3-1-2-4-12(9)18-14/h1-8H,16H2. The van der Waals surface area contributed by atoms with Crippen LogP contribution in [0.25, 0.3) is 10.9 Å². The molecule has 0 aliphatic carbocycles. The van der Waals surface area contributed by atoms with Crippen molar-refractivity contribution in [2.75, 3.05) is 5.73 Å². The lowest BCUT2D eigenvalue weighted by atomic mass is 10.2. The zero-order valence-electron chi connectivity index (χ0n) is 9.88. The highest BCUT2D eigenvalue weighted by Gasteiger charge is 2.06. The van der Waals surface area contributed by atoms with Crippen molar-refractivity contribution < 1.29 is 4.74 Å².